The quantitative estimate of drug-likeness (QED) is 0.902. The molecule has 0 saturated carbocycles. The van der Waals surface area contributed by atoms with Crippen LogP contribution in [0.1, 0.15) is 5.69 Å². The van der Waals surface area contributed by atoms with Gasteiger partial charge in [0.15, 0.2) is 17.5 Å². The highest BCUT2D eigenvalue weighted by molar-refractivity contribution is 5.38. The molecule has 0 bridgehead atoms. The number of nitrogens with zero attached hydrogens (tertiary/aromatic N) is 2. The molecule has 19 heavy (non-hydrogen) atoms. The Morgan fingerprint density at radius 3 is 2.79 bits per heavy atom. The van der Waals surface area contributed by atoms with Crippen LogP contribution in [0.2, 0.25) is 0 Å². The minimum atomic E-state index is -0.822. The first-order chi connectivity index (χ1) is 9.20. The molecule has 0 aliphatic carbocycles. The number of hydrogen-bond donors (Lipinski definition) is 1. The van der Waals surface area contributed by atoms with Gasteiger partial charge in [-0.05, 0) is 12.1 Å². The highest BCUT2D eigenvalue weighted by Gasteiger charge is 2.12. The molecule has 2 aromatic heterocycles. The van der Waals surface area contributed by atoms with Crippen molar-refractivity contribution < 1.29 is 13.5 Å². The average Bonchev–Trinajstić information content (AvgIpc) is 2.42. The number of rotatable bonds is 5. The number of anilines is 1. The summed E-state index contributed by atoms with van der Waals surface area (Å²) in [6.07, 6.45) is 2.19. The third-order valence-electron chi connectivity index (χ3n) is 2.46. The van der Waals surface area contributed by atoms with Crippen molar-refractivity contribution in [1.82, 2.24) is 9.97 Å². The van der Waals surface area contributed by atoms with Gasteiger partial charge in [-0.15, -0.1) is 0 Å². The molecule has 2 aromatic rings. The summed E-state index contributed by atoms with van der Waals surface area (Å²) in [5.41, 5.74) is 0.832. The molecule has 0 aliphatic rings. The molecule has 0 radical (unpaired) electrons. The summed E-state index contributed by atoms with van der Waals surface area (Å²) >= 11 is 0. The van der Waals surface area contributed by atoms with Crippen LogP contribution in [-0.2, 0) is 6.42 Å². The lowest BCUT2D eigenvalue weighted by molar-refractivity contribution is 0.290. The van der Waals surface area contributed by atoms with Gasteiger partial charge in [0.1, 0.15) is 0 Å². The highest BCUT2D eigenvalue weighted by atomic mass is 19.1. The molecular weight excluding hydrogens is 252 g/mol. The zero-order valence-corrected chi connectivity index (χ0v) is 10.4. The fourth-order valence-corrected chi connectivity index (χ4v) is 1.52. The topological polar surface area (TPSA) is 47.0 Å². The van der Waals surface area contributed by atoms with Crippen LogP contribution in [0.5, 0.6) is 5.88 Å². The maximum absolute atomic E-state index is 13.4. The van der Waals surface area contributed by atoms with Gasteiger partial charge in [0.25, 0.3) is 5.88 Å². The Morgan fingerprint density at radius 2 is 2.11 bits per heavy atom. The van der Waals surface area contributed by atoms with E-state index in [0.717, 1.165) is 11.8 Å². The molecule has 2 heterocycles. The van der Waals surface area contributed by atoms with Gasteiger partial charge in [0, 0.05) is 31.4 Å². The first-order valence-electron chi connectivity index (χ1n) is 5.77. The van der Waals surface area contributed by atoms with Gasteiger partial charge in [-0.3, -0.25) is 4.98 Å². The SMILES string of the molecule is CNc1nc(OCCc2ccccn2)c(F)cc1F. The summed E-state index contributed by atoms with van der Waals surface area (Å²) in [5.74, 6) is -1.84. The lowest BCUT2D eigenvalue weighted by Gasteiger charge is -2.08. The maximum atomic E-state index is 13.4. The van der Waals surface area contributed by atoms with Crippen molar-refractivity contribution in [2.45, 2.75) is 6.42 Å². The van der Waals surface area contributed by atoms with Gasteiger partial charge in [0.05, 0.1) is 6.61 Å². The monoisotopic (exact) mass is 265 g/mol. The molecule has 0 unspecified atom stereocenters. The van der Waals surface area contributed by atoms with Crippen molar-refractivity contribution in [3.63, 3.8) is 0 Å². The van der Waals surface area contributed by atoms with Crippen LogP contribution in [0.4, 0.5) is 14.6 Å². The Kier molecular flexibility index (Phi) is 4.22. The second kappa shape index (κ2) is 6.08. The molecule has 0 saturated heterocycles. The molecular formula is C13H13F2N3O. The van der Waals surface area contributed by atoms with Crippen LogP contribution >= 0.6 is 0 Å². The number of halogens is 2. The first-order valence-corrected chi connectivity index (χ1v) is 5.77. The maximum Gasteiger partial charge on any atom is 0.252 e. The van der Waals surface area contributed by atoms with Crippen LogP contribution in [-0.4, -0.2) is 23.6 Å². The zero-order chi connectivity index (χ0) is 13.7. The summed E-state index contributed by atoms with van der Waals surface area (Å²) < 4.78 is 31.8. The van der Waals surface area contributed by atoms with Crippen LogP contribution in [0.3, 0.4) is 0 Å². The van der Waals surface area contributed by atoms with E-state index in [0.29, 0.717) is 6.42 Å². The van der Waals surface area contributed by atoms with Crippen LogP contribution < -0.4 is 10.1 Å². The Morgan fingerprint density at radius 1 is 1.26 bits per heavy atom. The van der Waals surface area contributed by atoms with Gasteiger partial charge in [0.2, 0.25) is 0 Å². The van der Waals surface area contributed by atoms with E-state index in [2.05, 4.69) is 15.3 Å². The molecule has 0 aromatic carbocycles. The molecule has 0 fully saturated rings. The van der Waals surface area contributed by atoms with Crippen molar-refractivity contribution in [1.29, 1.82) is 0 Å². The second-order valence-electron chi connectivity index (χ2n) is 3.78. The Labute approximate surface area is 109 Å². The molecule has 0 amide bonds. The van der Waals surface area contributed by atoms with Gasteiger partial charge in [-0.1, -0.05) is 6.07 Å². The summed E-state index contributed by atoms with van der Waals surface area (Å²) in [4.78, 5) is 7.83. The molecule has 2 rings (SSSR count). The predicted molar refractivity (Wildman–Crippen MR) is 67.1 cm³/mol. The normalized spacial score (nSPS) is 10.3. The van der Waals surface area contributed by atoms with Crippen LogP contribution in [0, 0.1) is 11.6 Å². The Balaban J connectivity index is 2.00. The molecule has 0 aliphatic heterocycles. The van der Waals surface area contributed by atoms with E-state index in [1.165, 1.54) is 7.05 Å². The third kappa shape index (κ3) is 3.37. The average molecular weight is 265 g/mol. The van der Waals surface area contributed by atoms with Crippen molar-refractivity contribution in [3.05, 3.63) is 47.8 Å². The smallest absolute Gasteiger partial charge is 0.252 e. The van der Waals surface area contributed by atoms with Crippen molar-refractivity contribution in [2.75, 3.05) is 19.0 Å². The third-order valence-corrected chi connectivity index (χ3v) is 2.46. The Hall–Kier alpha value is -2.24. The van der Waals surface area contributed by atoms with E-state index in [1.807, 2.05) is 18.2 Å². The number of pyridine rings is 2. The zero-order valence-electron chi connectivity index (χ0n) is 10.4. The first kappa shape index (κ1) is 13.2. The number of ether oxygens (including phenoxy) is 1. The lowest BCUT2D eigenvalue weighted by atomic mass is 10.3. The lowest BCUT2D eigenvalue weighted by Crippen LogP contribution is -2.07. The fraction of sp³-hybridized carbons (Fsp3) is 0.231. The summed E-state index contributed by atoms with van der Waals surface area (Å²) in [5, 5.41) is 2.53. The number of nitrogens with one attached hydrogen (secondary N) is 1. The van der Waals surface area contributed by atoms with Crippen molar-refractivity contribution in [2.24, 2.45) is 0 Å². The highest BCUT2D eigenvalue weighted by Crippen LogP contribution is 2.20. The molecule has 0 spiro atoms. The summed E-state index contributed by atoms with van der Waals surface area (Å²) in [6.45, 7) is 0.218. The summed E-state index contributed by atoms with van der Waals surface area (Å²) in [7, 11) is 1.50. The van der Waals surface area contributed by atoms with Crippen molar-refractivity contribution >= 4 is 5.82 Å². The predicted octanol–water partition coefficient (Wildman–Crippen LogP) is 2.42. The van der Waals surface area contributed by atoms with Crippen molar-refractivity contribution in [3.8, 4) is 5.88 Å². The number of aromatic nitrogens is 2. The van der Waals surface area contributed by atoms with Crippen LogP contribution in [0.25, 0.3) is 0 Å². The standard InChI is InChI=1S/C13H13F2N3O/c1-16-12-10(14)8-11(15)13(18-12)19-7-5-9-4-2-3-6-17-9/h2-4,6,8H,5,7H2,1H3,(H,16,18). The summed E-state index contributed by atoms with van der Waals surface area (Å²) in [6, 6.07) is 6.26. The minimum absolute atomic E-state index is 0.0470. The van der Waals surface area contributed by atoms with Gasteiger partial charge in [-0.2, -0.15) is 4.98 Å². The molecule has 0 atom stereocenters. The minimum Gasteiger partial charge on any atom is -0.475 e. The largest absolute Gasteiger partial charge is 0.475 e. The second-order valence-corrected chi connectivity index (χ2v) is 3.78. The van der Waals surface area contributed by atoms with E-state index in [-0.39, 0.29) is 18.3 Å². The molecule has 1 N–H and O–H groups in total. The molecule has 100 valence electrons. The van der Waals surface area contributed by atoms with Gasteiger partial charge < -0.3 is 10.1 Å². The molecule has 4 nitrogen and oxygen atoms in total. The van der Waals surface area contributed by atoms with Gasteiger partial charge in [-0.25, -0.2) is 8.78 Å². The van der Waals surface area contributed by atoms with E-state index >= 15 is 0 Å². The van der Waals surface area contributed by atoms with E-state index in [4.69, 9.17) is 4.74 Å². The Bertz CT molecular complexity index is 549. The van der Waals surface area contributed by atoms with Crippen LogP contribution in [0.15, 0.2) is 30.5 Å². The van der Waals surface area contributed by atoms with Gasteiger partial charge >= 0.3 is 0 Å². The number of hydrogen-bond acceptors (Lipinski definition) is 4. The molecule has 6 heteroatoms. The van der Waals surface area contributed by atoms with E-state index < -0.39 is 11.6 Å². The van der Waals surface area contributed by atoms with E-state index in [1.54, 1.807) is 6.20 Å². The van der Waals surface area contributed by atoms with E-state index in [9.17, 15) is 8.78 Å². The fourth-order valence-electron chi connectivity index (χ4n) is 1.52.